The maximum Gasteiger partial charge on any atom is 0.294 e. The maximum absolute atomic E-state index is 12.3. The number of hydrogen-bond acceptors (Lipinski definition) is 8. The van der Waals surface area contributed by atoms with Crippen molar-refractivity contribution in [3.8, 4) is 0 Å². The molecule has 2 unspecified atom stereocenters. The zero-order chi connectivity index (χ0) is 36.8. The predicted molar refractivity (Wildman–Crippen MR) is 185 cm³/mol. The van der Waals surface area contributed by atoms with E-state index in [9.17, 15) is 37.2 Å². The number of fused-ring (bicyclic) bond motifs is 6. The quantitative estimate of drug-likeness (QED) is 0.145. The molecule has 2 atom stereocenters. The molecule has 2 bridgehead atoms. The van der Waals surface area contributed by atoms with Crippen LogP contribution in [0.1, 0.15) is 111 Å². The molecular weight excluding hydrogens is 656 g/mol. The fourth-order valence-corrected chi connectivity index (χ4v) is 7.59. The number of carbonyl (C=O) groups is 6. The third-order valence-corrected chi connectivity index (χ3v) is 11.1. The van der Waals surface area contributed by atoms with Gasteiger partial charge in [0.2, 0.25) is 11.6 Å². The van der Waals surface area contributed by atoms with Crippen LogP contribution in [0.3, 0.4) is 0 Å². The lowest BCUT2D eigenvalue weighted by Gasteiger charge is -2.31. The van der Waals surface area contributed by atoms with Crippen LogP contribution in [-0.4, -0.2) is 47.7 Å². The molecule has 0 saturated heterocycles. The molecule has 2 fully saturated rings. The number of hydrogen-bond donors (Lipinski definition) is 1. The van der Waals surface area contributed by atoms with Gasteiger partial charge in [-0.3, -0.25) is 33.3 Å². The summed E-state index contributed by atoms with van der Waals surface area (Å²) < 4.78 is 31.2. The number of Topliss-reactive ketones (excluding diaryl/α,β-unsaturated/α-hetero) is 2. The van der Waals surface area contributed by atoms with Gasteiger partial charge in [-0.2, -0.15) is 8.42 Å². The summed E-state index contributed by atoms with van der Waals surface area (Å²) in [5, 5.41) is 0. The zero-order valence-electron chi connectivity index (χ0n) is 28.3. The Labute approximate surface area is 290 Å². The summed E-state index contributed by atoms with van der Waals surface area (Å²) in [4.78, 5) is 71.3. The molecule has 4 aromatic rings. The zero-order valence-corrected chi connectivity index (χ0v) is 29.1. The van der Waals surface area contributed by atoms with E-state index in [1.165, 1.54) is 12.1 Å². The van der Waals surface area contributed by atoms with Gasteiger partial charge in [-0.1, -0.05) is 107 Å². The summed E-state index contributed by atoms with van der Waals surface area (Å²) in [5.74, 6) is -1.12. The van der Waals surface area contributed by atoms with Gasteiger partial charge in [-0.25, -0.2) is 0 Å². The van der Waals surface area contributed by atoms with Crippen molar-refractivity contribution in [1.29, 1.82) is 0 Å². The minimum Gasteiger partial charge on any atom is -0.291 e. The van der Waals surface area contributed by atoms with E-state index in [1.54, 1.807) is 66.7 Å². The highest BCUT2D eigenvalue weighted by molar-refractivity contribution is 7.85. The van der Waals surface area contributed by atoms with E-state index in [0.717, 1.165) is 25.0 Å². The Hall–Kier alpha value is -5.19. The Morgan fingerprint density at radius 1 is 0.560 bits per heavy atom. The topological polar surface area (TPSA) is 157 Å². The van der Waals surface area contributed by atoms with Crippen molar-refractivity contribution in [2.75, 3.05) is 0 Å². The lowest BCUT2D eigenvalue weighted by molar-refractivity contribution is -0.141. The highest BCUT2D eigenvalue weighted by Gasteiger charge is 2.66. The summed E-state index contributed by atoms with van der Waals surface area (Å²) in [6.07, 6.45) is 1.81. The molecule has 0 spiro atoms. The smallest absolute Gasteiger partial charge is 0.291 e. The summed E-state index contributed by atoms with van der Waals surface area (Å²) in [5.41, 5.74) is 2.23. The van der Waals surface area contributed by atoms with Gasteiger partial charge in [0.25, 0.3) is 10.1 Å². The van der Waals surface area contributed by atoms with E-state index in [0.29, 0.717) is 27.8 Å². The van der Waals surface area contributed by atoms with Crippen molar-refractivity contribution < 1.29 is 41.7 Å². The molecule has 0 aromatic heterocycles. The van der Waals surface area contributed by atoms with Gasteiger partial charge in [0.1, 0.15) is 0 Å². The highest BCUT2D eigenvalue weighted by atomic mass is 32.2. The minimum atomic E-state index is -4.42. The van der Waals surface area contributed by atoms with Crippen LogP contribution in [0.4, 0.5) is 0 Å². The van der Waals surface area contributed by atoms with Gasteiger partial charge in [0, 0.05) is 55.8 Å². The number of ketones is 6. The van der Waals surface area contributed by atoms with E-state index < -0.39 is 20.8 Å². The van der Waals surface area contributed by atoms with Crippen LogP contribution >= 0.6 is 0 Å². The monoisotopic (exact) mass is 692 g/mol. The number of carbonyl (C=O) groups excluding carboxylic acids is 6. The second-order valence-corrected chi connectivity index (χ2v) is 14.4. The van der Waals surface area contributed by atoms with E-state index in [2.05, 4.69) is 0 Å². The van der Waals surface area contributed by atoms with E-state index in [4.69, 9.17) is 4.55 Å². The van der Waals surface area contributed by atoms with Gasteiger partial charge in [0.05, 0.1) is 4.90 Å². The lowest BCUT2D eigenvalue weighted by atomic mass is 9.70. The first-order valence-electron chi connectivity index (χ1n) is 16.3. The molecule has 4 aliphatic carbocycles. The third kappa shape index (κ3) is 5.78. The average Bonchev–Trinajstić information content (AvgIpc) is 3.43. The second kappa shape index (κ2) is 13.3. The molecule has 50 heavy (non-hydrogen) atoms. The van der Waals surface area contributed by atoms with Crippen molar-refractivity contribution in [2.45, 2.75) is 52.4 Å². The molecule has 1 N–H and O–H groups in total. The molecule has 4 aromatic carbocycles. The summed E-state index contributed by atoms with van der Waals surface area (Å²) in [6, 6.07) is 23.6. The van der Waals surface area contributed by atoms with E-state index in [-0.39, 0.29) is 62.4 Å². The van der Waals surface area contributed by atoms with Crippen molar-refractivity contribution in [1.82, 2.24) is 0 Å². The van der Waals surface area contributed by atoms with Crippen LogP contribution in [0.5, 0.6) is 0 Å². The van der Waals surface area contributed by atoms with Crippen LogP contribution in [0.2, 0.25) is 0 Å². The first-order valence-corrected chi connectivity index (χ1v) is 17.7. The fourth-order valence-electron chi connectivity index (χ4n) is 7.08. The van der Waals surface area contributed by atoms with Crippen LogP contribution in [0, 0.1) is 16.7 Å². The van der Waals surface area contributed by atoms with Crippen molar-refractivity contribution in [2.24, 2.45) is 16.7 Å². The van der Waals surface area contributed by atoms with Crippen LogP contribution in [0.25, 0.3) is 0 Å². The first kappa shape index (κ1) is 36.1. The molecule has 0 radical (unpaired) electrons. The van der Waals surface area contributed by atoms with Gasteiger partial charge >= 0.3 is 0 Å². The van der Waals surface area contributed by atoms with Crippen LogP contribution in [0.15, 0.2) is 95.9 Å². The normalized spacial score (nSPS) is 20.5. The standard InChI is InChI=1S/C14H8O5S.C14H8O2.C10H14O2.C2H6/c15-13-9-3-1-2-4-10(9)14(16)12-7-8(20(17,18)19)5-6-11(12)13;15-13-9-5-1-2-6-10(9)14(16)12-8-4-3-7-11(12)13;1-9(2)6-4-5-10(9,3)8(12)7(6)11;1-2/h1-7H,(H,17,18,19);1-8H;6H,4-5H2,1-3H3;1-2H3. The van der Waals surface area contributed by atoms with E-state index >= 15 is 0 Å². The molecule has 10 heteroatoms. The maximum atomic E-state index is 12.3. The molecule has 256 valence electrons. The Bertz CT molecular complexity index is 2120. The Balaban J connectivity index is 0.000000146. The summed E-state index contributed by atoms with van der Waals surface area (Å²) in [7, 11) is -4.42. The van der Waals surface area contributed by atoms with E-state index in [1.807, 2.05) is 34.6 Å². The molecule has 0 aliphatic heterocycles. The minimum absolute atomic E-state index is 0.00926. The van der Waals surface area contributed by atoms with Crippen LogP contribution in [-0.2, 0) is 19.7 Å². The number of rotatable bonds is 1. The number of benzene rings is 4. The Morgan fingerprint density at radius 2 is 0.900 bits per heavy atom. The van der Waals surface area contributed by atoms with Crippen molar-refractivity contribution in [3.05, 3.63) is 136 Å². The van der Waals surface area contributed by atoms with Gasteiger partial charge < -0.3 is 0 Å². The third-order valence-electron chi connectivity index (χ3n) is 10.3. The molecule has 2 saturated carbocycles. The van der Waals surface area contributed by atoms with Crippen molar-refractivity contribution in [3.63, 3.8) is 0 Å². The molecular formula is C40H36O9S. The van der Waals surface area contributed by atoms with Crippen molar-refractivity contribution >= 4 is 44.8 Å². The molecule has 9 nitrogen and oxygen atoms in total. The van der Waals surface area contributed by atoms with Crippen LogP contribution < -0.4 is 0 Å². The lowest BCUT2D eigenvalue weighted by Crippen LogP contribution is -2.33. The molecule has 8 rings (SSSR count). The average molecular weight is 693 g/mol. The molecule has 0 heterocycles. The fraction of sp³-hybridized carbons (Fsp3) is 0.250. The highest BCUT2D eigenvalue weighted by Crippen LogP contribution is 2.61. The largest absolute Gasteiger partial charge is 0.294 e. The van der Waals surface area contributed by atoms with Gasteiger partial charge in [-0.05, 0) is 36.5 Å². The summed E-state index contributed by atoms with van der Waals surface area (Å²) in [6.45, 7) is 10.0. The SMILES string of the molecule is CC.CC12CCC(C(=O)C1=O)C2(C)C.O=C1c2ccccc2C(=O)c2cc(S(=O)(=O)O)ccc21.O=C1c2ccccc2C(=O)c2ccccc21. The second-order valence-electron chi connectivity index (χ2n) is 13.0. The first-order chi connectivity index (χ1) is 23.6. The molecule has 0 amide bonds. The summed E-state index contributed by atoms with van der Waals surface area (Å²) >= 11 is 0. The van der Waals surface area contributed by atoms with Gasteiger partial charge in [0.15, 0.2) is 23.1 Å². The Kier molecular flexibility index (Phi) is 9.57. The Morgan fingerprint density at radius 3 is 1.18 bits per heavy atom. The molecule has 4 aliphatic rings. The predicted octanol–water partition coefficient (Wildman–Crippen LogP) is 6.78. The van der Waals surface area contributed by atoms with Gasteiger partial charge in [-0.15, -0.1) is 0 Å².